The van der Waals surface area contributed by atoms with Crippen molar-refractivity contribution in [3.8, 4) is 0 Å². The number of benzene rings is 1. The molecule has 6 nitrogen and oxygen atoms in total. The van der Waals surface area contributed by atoms with Gasteiger partial charge in [-0.3, -0.25) is 4.79 Å². The summed E-state index contributed by atoms with van der Waals surface area (Å²) in [5, 5.41) is 5.12. The van der Waals surface area contributed by atoms with Crippen LogP contribution in [0, 0.1) is 0 Å². The van der Waals surface area contributed by atoms with Gasteiger partial charge in [-0.1, -0.05) is 38.3 Å². The van der Waals surface area contributed by atoms with Crippen LogP contribution in [0.15, 0.2) is 34.6 Å². The van der Waals surface area contributed by atoms with Crippen LogP contribution in [0.25, 0.3) is 0 Å². The number of anilines is 1. The Balaban J connectivity index is 0.00000338. The second-order valence-corrected chi connectivity index (χ2v) is 6.73. The molecule has 0 aliphatic heterocycles. The van der Waals surface area contributed by atoms with E-state index in [0.717, 1.165) is 12.1 Å². The third-order valence-corrected chi connectivity index (χ3v) is 4.45. The summed E-state index contributed by atoms with van der Waals surface area (Å²) in [6.45, 7) is 2.21. The van der Waals surface area contributed by atoms with E-state index >= 15 is 0 Å². The molecule has 0 fully saturated rings. The summed E-state index contributed by atoms with van der Waals surface area (Å²) in [6, 6.07) is 8.03. The molecule has 0 spiro atoms. The van der Waals surface area contributed by atoms with Crippen molar-refractivity contribution in [1.82, 2.24) is 4.98 Å². The molecule has 1 amide bonds. The fourth-order valence-electron chi connectivity index (χ4n) is 2.42. The van der Waals surface area contributed by atoms with Gasteiger partial charge in [0.05, 0.1) is 12.1 Å². The molecule has 0 saturated carbocycles. The molecule has 0 aliphatic rings. The quantitative estimate of drug-likeness (QED) is 0.341. The van der Waals surface area contributed by atoms with Crippen LogP contribution in [0.3, 0.4) is 0 Å². The van der Waals surface area contributed by atoms with Crippen LogP contribution in [0.5, 0.6) is 0 Å². The standard InChI is InChI=1S/C18H25N5OS.ClH/c1-2-3-4-5-6-13-7-9-14(10-8-13)21-16(24)11-15-12-25-18(22-15)23-17(19)20;/h7-10,12H,2-6,11H2,1H3,(H,21,24)(H4,19,20,22,23);1H. The number of halogens is 1. The first kappa shape index (κ1) is 21.9. The molecule has 8 heteroatoms. The molecule has 1 aromatic heterocycles. The normalized spacial score (nSPS) is 10.0. The van der Waals surface area contributed by atoms with Gasteiger partial charge in [0.15, 0.2) is 5.96 Å². The summed E-state index contributed by atoms with van der Waals surface area (Å²) in [5.41, 5.74) is 13.4. The summed E-state index contributed by atoms with van der Waals surface area (Å²) in [6.07, 6.45) is 6.29. The number of hydrogen-bond acceptors (Lipinski definition) is 4. The van der Waals surface area contributed by atoms with Crippen LogP contribution in [0.4, 0.5) is 10.8 Å². The minimum atomic E-state index is -0.114. The Morgan fingerprint density at radius 2 is 1.92 bits per heavy atom. The number of nitrogens with one attached hydrogen (secondary N) is 1. The zero-order chi connectivity index (χ0) is 18.1. The molecular weight excluding hydrogens is 370 g/mol. The van der Waals surface area contributed by atoms with Crippen molar-refractivity contribution >= 4 is 46.4 Å². The lowest BCUT2D eigenvalue weighted by Gasteiger charge is -2.06. The highest BCUT2D eigenvalue weighted by Gasteiger charge is 2.08. The summed E-state index contributed by atoms with van der Waals surface area (Å²) in [5.74, 6) is -0.155. The number of carbonyl (C=O) groups is 1. The zero-order valence-electron chi connectivity index (χ0n) is 14.9. The lowest BCUT2D eigenvalue weighted by Crippen LogP contribution is -2.21. The molecule has 0 radical (unpaired) electrons. The first-order valence-electron chi connectivity index (χ1n) is 8.49. The first-order valence-corrected chi connectivity index (χ1v) is 9.37. The number of nitrogens with zero attached hydrogens (tertiary/aromatic N) is 2. The summed E-state index contributed by atoms with van der Waals surface area (Å²) in [7, 11) is 0. The molecule has 2 aromatic rings. The van der Waals surface area contributed by atoms with Crippen molar-refractivity contribution in [3.63, 3.8) is 0 Å². The molecule has 1 aromatic carbocycles. The molecule has 2 rings (SSSR count). The number of aliphatic imine (C=N–C) groups is 1. The van der Waals surface area contributed by atoms with E-state index in [2.05, 4.69) is 34.3 Å². The number of aromatic nitrogens is 1. The lowest BCUT2D eigenvalue weighted by molar-refractivity contribution is -0.115. The number of carbonyl (C=O) groups excluding carboxylic acids is 1. The van der Waals surface area contributed by atoms with E-state index in [1.54, 1.807) is 5.38 Å². The molecule has 0 bridgehead atoms. The van der Waals surface area contributed by atoms with E-state index in [9.17, 15) is 4.79 Å². The van der Waals surface area contributed by atoms with Gasteiger partial charge in [-0.25, -0.2) is 4.98 Å². The molecular formula is C18H26ClN5OS. The summed E-state index contributed by atoms with van der Waals surface area (Å²) >= 11 is 1.30. The Labute approximate surface area is 164 Å². The van der Waals surface area contributed by atoms with Crippen LogP contribution in [0.1, 0.15) is 43.9 Å². The van der Waals surface area contributed by atoms with Gasteiger partial charge < -0.3 is 16.8 Å². The second kappa shape index (κ2) is 11.5. The SMILES string of the molecule is CCCCCCc1ccc(NC(=O)Cc2csc(N=C(N)N)n2)cc1.Cl. The van der Waals surface area contributed by atoms with Crippen LogP contribution in [-0.4, -0.2) is 16.9 Å². The van der Waals surface area contributed by atoms with Gasteiger partial charge in [0.1, 0.15) is 0 Å². The van der Waals surface area contributed by atoms with Crippen molar-refractivity contribution in [2.75, 3.05) is 5.32 Å². The fourth-order valence-corrected chi connectivity index (χ4v) is 3.13. The predicted octanol–water partition coefficient (Wildman–Crippen LogP) is 3.77. The van der Waals surface area contributed by atoms with Crippen molar-refractivity contribution in [2.24, 2.45) is 16.5 Å². The molecule has 142 valence electrons. The van der Waals surface area contributed by atoms with Crippen molar-refractivity contribution in [2.45, 2.75) is 45.4 Å². The van der Waals surface area contributed by atoms with Gasteiger partial charge >= 0.3 is 0 Å². The van der Waals surface area contributed by atoms with Crippen molar-refractivity contribution in [1.29, 1.82) is 0 Å². The highest BCUT2D eigenvalue weighted by Crippen LogP contribution is 2.19. The Bertz CT molecular complexity index is 711. The number of unbranched alkanes of at least 4 members (excludes halogenated alkanes) is 3. The van der Waals surface area contributed by atoms with E-state index in [0.29, 0.717) is 10.8 Å². The van der Waals surface area contributed by atoms with Crippen molar-refractivity contribution in [3.05, 3.63) is 40.9 Å². The third kappa shape index (κ3) is 7.84. The average Bonchev–Trinajstić information content (AvgIpc) is 2.99. The van der Waals surface area contributed by atoms with E-state index in [4.69, 9.17) is 11.5 Å². The Kier molecular flexibility index (Phi) is 9.69. The van der Waals surface area contributed by atoms with E-state index in [-0.39, 0.29) is 30.7 Å². The van der Waals surface area contributed by atoms with Gasteiger partial charge in [0.25, 0.3) is 0 Å². The van der Waals surface area contributed by atoms with Gasteiger partial charge in [0.2, 0.25) is 11.0 Å². The maximum absolute atomic E-state index is 12.1. The number of amides is 1. The summed E-state index contributed by atoms with van der Waals surface area (Å²) < 4.78 is 0. The largest absolute Gasteiger partial charge is 0.370 e. The number of nitrogens with two attached hydrogens (primary N) is 2. The van der Waals surface area contributed by atoms with E-state index < -0.39 is 0 Å². The van der Waals surface area contributed by atoms with Gasteiger partial charge in [0, 0.05) is 11.1 Å². The predicted molar refractivity (Wildman–Crippen MR) is 111 cm³/mol. The lowest BCUT2D eigenvalue weighted by atomic mass is 10.1. The minimum absolute atomic E-state index is 0. The number of hydrogen-bond donors (Lipinski definition) is 3. The Hall–Kier alpha value is -2.12. The highest BCUT2D eigenvalue weighted by atomic mass is 35.5. The maximum Gasteiger partial charge on any atom is 0.230 e. The molecule has 26 heavy (non-hydrogen) atoms. The average molecular weight is 396 g/mol. The molecule has 5 N–H and O–H groups in total. The third-order valence-electron chi connectivity index (χ3n) is 3.66. The second-order valence-electron chi connectivity index (χ2n) is 5.89. The van der Waals surface area contributed by atoms with Crippen molar-refractivity contribution < 1.29 is 4.79 Å². The summed E-state index contributed by atoms with van der Waals surface area (Å²) in [4.78, 5) is 20.2. The highest BCUT2D eigenvalue weighted by molar-refractivity contribution is 7.13. The smallest absolute Gasteiger partial charge is 0.230 e. The maximum atomic E-state index is 12.1. The first-order chi connectivity index (χ1) is 12.1. The molecule has 0 unspecified atom stereocenters. The topological polar surface area (TPSA) is 106 Å². The molecule has 0 aliphatic carbocycles. The Morgan fingerprint density at radius 3 is 2.58 bits per heavy atom. The fraction of sp³-hybridized carbons (Fsp3) is 0.389. The molecule has 1 heterocycles. The molecule has 0 atom stereocenters. The number of guanidine groups is 1. The van der Waals surface area contributed by atoms with Gasteiger partial charge in [-0.05, 0) is 30.5 Å². The van der Waals surface area contributed by atoms with Crippen LogP contribution < -0.4 is 16.8 Å². The number of thiazole rings is 1. The Morgan fingerprint density at radius 1 is 1.19 bits per heavy atom. The van der Waals surface area contributed by atoms with Crippen LogP contribution >= 0.6 is 23.7 Å². The van der Waals surface area contributed by atoms with E-state index in [1.165, 1.54) is 42.6 Å². The number of aryl methyl sites for hydroxylation is 1. The van der Waals surface area contributed by atoms with Crippen LogP contribution in [-0.2, 0) is 17.6 Å². The van der Waals surface area contributed by atoms with E-state index in [1.807, 2.05) is 12.1 Å². The monoisotopic (exact) mass is 395 g/mol. The van der Waals surface area contributed by atoms with Gasteiger partial charge in [-0.2, -0.15) is 4.99 Å². The zero-order valence-corrected chi connectivity index (χ0v) is 16.5. The minimum Gasteiger partial charge on any atom is -0.370 e. The number of rotatable bonds is 9. The van der Waals surface area contributed by atoms with Gasteiger partial charge in [-0.15, -0.1) is 23.7 Å². The molecule has 0 saturated heterocycles. The van der Waals surface area contributed by atoms with Crippen LogP contribution in [0.2, 0.25) is 0 Å².